The molecule has 8 heteroatoms. The van der Waals surface area contributed by atoms with Crippen LogP contribution in [0, 0.1) is 5.82 Å². The molecule has 2 nitrogen and oxygen atoms in total. The summed E-state index contributed by atoms with van der Waals surface area (Å²) in [5.74, 6) is -0.885. The zero-order valence-electron chi connectivity index (χ0n) is 10.0. The van der Waals surface area contributed by atoms with Crippen molar-refractivity contribution >= 4 is 10.9 Å². The third kappa shape index (κ3) is 1.94. The zero-order valence-corrected chi connectivity index (χ0v) is 10.0. The van der Waals surface area contributed by atoms with Gasteiger partial charge < -0.3 is 9.67 Å². The minimum absolute atomic E-state index is 0.102. The van der Waals surface area contributed by atoms with Crippen LogP contribution in [0.5, 0.6) is 0 Å². The maximum atomic E-state index is 13.2. The van der Waals surface area contributed by atoms with Crippen molar-refractivity contribution in [2.24, 2.45) is 7.05 Å². The summed E-state index contributed by atoms with van der Waals surface area (Å²) in [5.41, 5.74) is -5.32. The molecule has 1 unspecified atom stereocenters. The molecule has 0 bridgehead atoms. The van der Waals surface area contributed by atoms with Gasteiger partial charge in [0.25, 0.3) is 6.43 Å². The Morgan fingerprint density at radius 3 is 2.30 bits per heavy atom. The minimum Gasteiger partial charge on any atom is -0.372 e. The average molecular weight is 297 g/mol. The summed E-state index contributed by atoms with van der Waals surface area (Å²) < 4.78 is 78.5. The summed E-state index contributed by atoms with van der Waals surface area (Å²) in [6.45, 7) is 0. The predicted octanol–water partition coefficient (Wildman–Crippen LogP) is 3.33. The van der Waals surface area contributed by atoms with E-state index in [-0.39, 0.29) is 5.52 Å². The Bertz CT molecular complexity index is 647. The maximum absolute atomic E-state index is 13.2. The van der Waals surface area contributed by atoms with Crippen molar-refractivity contribution < 1.29 is 31.4 Å². The molecule has 1 atom stereocenters. The fourth-order valence-electron chi connectivity index (χ4n) is 2.06. The third-order valence-corrected chi connectivity index (χ3v) is 3.11. The van der Waals surface area contributed by atoms with E-state index in [1.807, 2.05) is 0 Å². The Kier molecular flexibility index (Phi) is 3.24. The molecule has 0 aliphatic carbocycles. The minimum atomic E-state index is -5.60. The Labute approximate surface area is 109 Å². The van der Waals surface area contributed by atoms with E-state index in [1.165, 1.54) is 7.05 Å². The molecule has 1 aromatic carbocycles. The van der Waals surface area contributed by atoms with Crippen LogP contribution in [-0.2, 0) is 12.6 Å². The topological polar surface area (TPSA) is 25.2 Å². The average Bonchev–Trinajstić information content (AvgIpc) is 2.63. The lowest BCUT2D eigenvalue weighted by molar-refractivity contribution is -0.305. The van der Waals surface area contributed by atoms with Crippen molar-refractivity contribution in [1.29, 1.82) is 0 Å². The van der Waals surface area contributed by atoms with Crippen molar-refractivity contribution in [3.05, 3.63) is 35.8 Å². The van der Waals surface area contributed by atoms with Gasteiger partial charge in [-0.25, -0.2) is 13.2 Å². The number of halogens is 6. The maximum Gasteiger partial charge on any atom is 0.427 e. The molecular formula is C12H9F6NO. The molecule has 1 N–H and O–H groups in total. The lowest BCUT2D eigenvalue weighted by atomic mass is 9.93. The standard InChI is InChI=1S/C12H9F6NO/c1-19-5-8(7-4-6(13)2-3-9(7)19)11(20,10(14)15)12(16,17)18/h2-5,10,20H,1H3. The normalized spacial score (nSPS) is 15.8. The first-order valence-corrected chi connectivity index (χ1v) is 5.41. The Morgan fingerprint density at radius 1 is 1.20 bits per heavy atom. The van der Waals surface area contributed by atoms with E-state index in [0.717, 1.165) is 22.9 Å². The number of alkyl halides is 5. The summed E-state index contributed by atoms with van der Waals surface area (Å²) in [6.07, 6.45) is -8.97. The molecule has 0 amide bonds. The van der Waals surface area contributed by atoms with E-state index in [4.69, 9.17) is 0 Å². The van der Waals surface area contributed by atoms with Crippen LogP contribution in [0.25, 0.3) is 10.9 Å². The lowest BCUT2D eigenvalue weighted by Gasteiger charge is -2.29. The summed E-state index contributed by atoms with van der Waals surface area (Å²) in [5, 5.41) is 9.08. The van der Waals surface area contributed by atoms with Crippen LogP contribution in [0.4, 0.5) is 26.3 Å². The number of nitrogens with zero attached hydrogens (tertiary/aromatic N) is 1. The van der Waals surface area contributed by atoms with Crippen LogP contribution >= 0.6 is 0 Å². The number of benzene rings is 1. The fourth-order valence-corrected chi connectivity index (χ4v) is 2.06. The molecule has 2 rings (SSSR count). The molecule has 1 aromatic heterocycles. The highest BCUT2D eigenvalue weighted by atomic mass is 19.4. The van der Waals surface area contributed by atoms with E-state index in [1.54, 1.807) is 0 Å². The van der Waals surface area contributed by atoms with Crippen molar-refractivity contribution in [3.63, 3.8) is 0 Å². The SMILES string of the molecule is Cn1cc(C(O)(C(F)F)C(F)(F)F)c2cc(F)ccc21. The molecule has 110 valence electrons. The summed E-state index contributed by atoms with van der Waals surface area (Å²) in [4.78, 5) is 0. The van der Waals surface area contributed by atoms with Crippen LogP contribution in [-0.4, -0.2) is 22.3 Å². The second-order valence-electron chi connectivity index (χ2n) is 4.38. The van der Waals surface area contributed by atoms with E-state index in [9.17, 15) is 31.4 Å². The van der Waals surface area contributed by atoms with Gasteiger partial charge in [0.1, 0.15) is 5.82 Å². The molecule has 0 aliphatic heterocycles. The van der Waals surface area contributed by atoms with Crippen molar-refractivity contribution in [1.82, 2.24) is 4.57 Å². The van der Waals surface area contributed by atoms with E-state index in [0.29, 0.717) is 6.07 Å². The molecule has 0 aliphatic rings. The van der Waals surface area contributed by atoms with E-state index >= 15 is 0 Å². The van der Waals surface area contributed by atoms with Crippen molar-refractivity contribution in [2.75, 3.05) is 0 Å². The van der Waals surface area contributed by atoms with Crippen molar-refractivity contribution in [3.8, 4) is 0 Å². The Balaban J connectivity index is 2.82. The summed E-state index contributed by atoms with van der Waals surface area (Å²) in [7, 11) is 1.31. The zero-order chi connectivity index (χ0) is 15.3. The largest absolute Gasteiger partial charge is 0.427 e. The fraction of sp³-hybridized carbons (Fsp3) is 0.333. The smallest absolute Gasteiger partial charge is 0.372 e. The van der Waals surface area contributed by atoms with Gasteiger partial charge >= 0.3 is 6.18 Å². The molecule has 0 saturated heterocycles. The number of aliphatic hydroxyl groups is 1. The van der Waals surface area contributed by atoms with Gasteiger partial charge in [0.05, 0.1) is 0 Å². The van der Waals surface area contributed by atoms with Crippen LogP contribution < -0.4 is 0 Å². The second-order valence-corrected chi connectivity index (χ2v) is 4.38. The summed E-state index contributed by atoms with van der Waals surface area (Å²) >= 11 is 0. The highest BCUT2D eigenvalue weighted by Crippen LogP contribution is 2.46. The van der Waals surface area contributed by atoms with Gasteiger partial charge in [-0.1, -0.05) is 0 Å². The molecule has 20 heavy (non-hydrogen) atoms. The van der Waals surface area contributed by atoms with Crippen LogP contribution in [0.3, 0.4) is 0 Å². The summed E-state index contributed by atoms with van der Waals surface area (Å²) in [6, 6.07) is 2.82. The quantitative estimate of drug-likeness (QED) is 0.845. The molecular weight excluding hydrogens is 288 g/mol. The van der Waals surface area contributed by atoms with Crippen LogP contribution in [0.1, 0.15) is 5.56 Å². The highest BCUT2D eigenvalue weighted by Gasteiger charge is 2.62. The Morgan fingerprint density at radius 2 is 1.80 bits per heavy atom. The first-order valence-electron chi connectivity index (χ1n) is 5.41. The highest BCUT2D eigenvalue weighted by molar-refractivity contribution is 5.85. The number of rotatable bonds is 2. The van der Waals surface area contributed by atoms with Gasteiger partial charge in [-0.15, -0.1) is 0 Å². The lowest BCUT2D eigenvalue weighted by Crippen LogP contribution is -2.48. The monoisotopic (exact) mass is 297 g/mol. The Hall–Kier alpha value is -1.70. The van der Waals surface area contributed by atoms with E-state index in [2.05, 4.69) is 0 Å². The molecule has 0 fully saturated rings. The van der Waals surface area contributed by atoms with Gasteiger partial charge in [-0.3, -0.25) is 0 Å². The second kappa shape index (κ2) is 4.41. The predicted molar refractivity (Wildman–Crippen MR) is 58.8 cm³/mol. The van der Waals surface area contributed by atoms with Crippen LogP contribution in [0.15, 0.2) is 24.4 Å². The number of fused-ring (bicyclic) bond motifs is 1. The van der Waals surface area contributed by atoms with Crippen molar-refractivity contribution in [2.45, 2.75) is 18.2 Å². The first kappa shape index (κ1) is 14.7. The van der Waals surface area contributed by atoms with Crippen LogP contribution in [0.2, 0.25) is 0 Å². The third-order valence-electron chi connectivity index (χ3n) is 3.11. The van der Waals surface area contributed by atoms with Gasteiger partial charge in [-0.05, 0) is 18.2 Å². The number of aryl methyl sites for hydroxylation is 1. The molecule has 0 saturated carbocycles. The van der Waals surface area contributed by atoms with Gasteiger partial charge in [0, 0.05) is 29.7 Å². The molecule has 1 heterocycles. The van der Waals surface area contributed by atoms with Gasteiger partial charge in [0.2, 0.25) is 5.60 Å². The first-order chi connectivity index (χ1) is 9.09. The number of hydrogen-bond donors (Lipinski definition) is 1. The van der Waals surface area contributed by atoms with Gasteiger partial charge in [0.15, 0.2) is 0 Å². The van der Waals surface area contributed by atoms with E-state index < -0.39 is 35.0 Å². The number of aromatic nitrogens is 1. The molecule has 0 radical (unpaired) electrons. The molecule has 2 aromatic rings. The van der Waals surface area contributed by atoms with Gasteiger partial charge in [-0.2, -0.15) is 13.2 Å². The number of hydrogen-bond acceptors (Lipinski definition) is 1. The molecule has 0 spiro atoms.